The molecular formula is C12H22N2O3. The number of carbonyl (C=O) groups is 2. The molecule has 1 saturated heterocycles. The van der Waals surface area contributed by atoms with Crippen LogP contribution in [-0.4, -0.2) is 41.6 Å². The standard InChI is InChI=1S/C12H22N2O3/c1-8(2)12(3,4)7-13-11(17)14-5-9(6-14)10(15)16/h8-9H,5-7H2,1-4H3,(H,13,17)(H,15,16). The third-order valence-electron chi connectivity index (χ3n) is 3.78. The van der Waals surface area contributed by atoms with Gasteiger partial charge in [-0.3, -0.25) is 4.79 Å². The van der Waals surface area contributed by atoms with E-state index in [2.05, 4.69) is 33.0 Å². The van der Waals surface area contributed by atoms with Crippen LogP contribution in [0, 0.1) is 17.3 Å². The lowest BCUT2D eigenvalue weighted by Crippen LogP contribution is -2.57. The van der Waals surface area contributed by atoms with E-state index in [0.29, 0.717) is 25.6 Å². The Morgan fingerprint density at radius 2 is 1.94 bits per heavy atom. The molecule has 1 aliphatic rings. The van der Waals surface area contributed by atoms with E-state index in [-0.39, 0.29) is 17.4 Å². The molecule has 0 aliphatic carbocycles. The Balaban J connectivity index is 2.31. The maximum atomic E-state index is 11.7. The van der Waals surface area contributed by atoms with Gasteiger partial charge in [0.25, 0.3) is 0 Å². The van der Waals surface area contributed by atoms with Crippen LogP contribution in [0.1, 0.15) is 27.7 Å². The number of amides is 2. The Labute approximate surface area is 102 Å². The highest BCUT2D eigenvalue weighted by Crippen LogP contribution is 2.25. The Bertz CT molecular complexity index is 307. The highest BCUT2D eigenvalue weighted by Gasteiger charge is 2.36. The van der Waals surface area contributed by atoms with Crippen LogP contribution < -0.4 is 5.32 Å². The lowest BCUT2D eigenvalue weighted by Gasteiger charge is -2.38. The number of nitrogens with zero attached hydrogens (tertiary/aromatic N) is 1. The second-order valence-corrected chi connectivity index (χ2v) is 5.74. The molecule has 0 aromatic carbocycles. The molecule has 0 radical (unpaired) electrons. The van der Waals surface area contributed by atoms with Gasteiger partial charge in [-0.2, -0.15) is 0 Å². The molecule has 0 saturated carbocycles. The van der Waals surface area contributed by atoms with Crippen LogP contribution in [0.15, 0.2) is 0 Å². The van der Waals surface area contributed by atoms with Crippen molar-refractivity contribution in [3.63, 3.8) is 0 Å². The molecule has 0 unspecified atom stereocenters. The van der Waals surface area contributed by atoms with E-state index in [9.17, 15) is 9.59 Å². The van der Waals surface area contributed by atoms with E-state index in [4.69, 9.17) is 5.11 Å². The number of hydrogen-bond acceptors (Lipinski definition) is 2. The average Bonchev–Trinajstić information content (AvgIpc) is 2.11. The molecule has 5 heteroatoms. The van der Waals surface area contributed by atoms with E-state index >= 15 is 0 Å². The molecule has 0 bridgehead atoms. The average molecular weight is 242 g/mol. The number of rotatable bonds is 4. The molecule has 5 nitrogen and oxygen atoms in total. The van der Waals surface area contributed by atoms with E-state index in [1.165, 1.54) is 4.90 Å². The van der Waals surface area contributed by atoms with Crippen LogP contribution in [0.5, 0.6) is 0 Å². The zero-order chi connectivity index (χ0) is 13.2. The number of nitrogens with one attached hydrogen (secondary N) is 1. The Hall–Kier alpha value is -1.26. The number of likely N-dealkylation sites (tertiary alicyclic amines) is 1. The van der Waals surface area contributed by atoms with Crippen LogP contribution in [0.2, 0.25) is 0 Å². The highest BCUT2D eigenvalue weighted by atomic mass is 16.4. The minimum Gasteiger partial charge on any atom is -0.481 e. The molecule has 0 atom stereocenters. The molecule has 1 aliphatic heterocycles. The smallest absolute Gasteiger partial charge is 0.317 e. The summed E-state index contributed by atoms with van der Waals surface area (Å²) in [5.74, 6) is -0.735. The van der Waals surface area contributed by atoms with Gasteiger partial charge < -0.3 is 15.3 Å². The van der Waals surface area contributed by atoms with Crippen molar-refractivity contribution in [3.05, 3.63) is 0 Å². The van der Waals surface area contributed by atoms with Gasteiger partial charge in [-0.05, 0) is 11.3 Å². The summed E-state index contributed by atoms with van der Waals surface area (Å²) in [5.41, 5.74) is 0.0483. The SMILES string of the molecule is CC(C)C(C)(C)CNC(=O)N1CC(C(=O)O)C1. The molecule has 17 heavy (non-hydrogen) atoms. The van der Waals surface area contributed by atoms with Gasteiger partial charge >= 0.3 is 12.0 Å². The third kappa shape index (κ3) is 3.35. The number of carboxylic acids is 1. The van der Waals surface area contributed by atoms with Crippen molar-refractivity contribution >= 4 is 12.0 Å². The molecule has 2 amide bonds. The summed E-state index contributed by atoms with van der Waals surface area (Å²) in [4.78, 5) is 23.8. The van der Waals surface area contributed by atoms with E-state index in [1.807, 2.05) is 0 Å². The van der Waals surface area contributed by atoms with Crippen LogP contribution in [0.3, 0.4) is 0 Å². The predicted molar refractivity (Wildman–Crippen MR) is 64.7 cm³/mol. The van der Waals surface area contributed by atoms with Gasteiger partial charge in [0, 0.05) is 19.6 Å². The van der Waals surface area contributed by atoms with Gasteiger partial charge in [0.2, 0.25) is 0 Å². The predicted octanol–water partition coefficient (Wildman–Crippen LogP) is 1.39. The van der Waals surface area contributed by atoms with Crippen molar-refractivity contribution < 1.29 is 14.7 Å². The zero-order valence-corrected chi connectivity index (χ0v) is 11.0. The van der Waals surface area contributed by atoms with Crippen molar-refractivity contribution in [3.8, 4) is 0 Å². The molecule has 1 fully saturated rings. The van der Waals surface area contributed by atoms with Crippen LogP contribution in [-0.2, 0) is 4.79 Å². The van der Waals surface area contributed by atoms with Gasteiger partial charge in [0.1, 0.15) is 0 Å². The fraction of sp³-hybridized carbons (Fsp3) is 0.833. The molecule has 2 N–H and O–H groups in total. The summed E-state index contributed by atoms with van der Waals surface area (Å²) in [5, 5.41) is 11.6. The molecule has 1 rings (SSSR count). The van der Waals surface area contributed by atoms with Gasteiger partial charge in [0.15, 0.2) is 0 Å². The van der Waals surface area contributed by atoms with Gasteiger partial charge in [0.05, 0.1) is 5.92 Å². The summed E-state index contributed by atoms with van der Waals surface area (Å²) < 4.78 is 0. The van der Waals surface area contributed by atoms with Crippen LogP contribution >= 0.6 is 0 Å². The summed E-state index contributed by atoms with van der Waals surface area (Å²) in [7, 11) is 0. The first-order valence-electron chi connectivity index (χ1n) is 5.99. The largest absolute Gasteiger partial charge is 0.481 e. The Kier molecular flexibility index (Phi) is 4.01. The van der Waals surface area contributed by atoms with Gasteiger partial charge in [-0.25, -0.2) is 4.79 Å². The van der Waals surface area contributed by atoms with Crippen molar-refractivity contribution in [2.24, 2.45) is 17.3 Å². The van der Waals surface area contributed by atoms with Crippen molar-refractivity contribution in [2.45, 2.75) is 27.7 Å². The molecule has 1 heterocycles. The maximum Gasteiger partial charge on any atom is 0.317 e. The normalized spacial score (nSPS) is 16.9. The first kappa shape index (κ1) is 13.8. The van der Waals surface area contributed by atoms with E-state index < -0.39 is 5.97 Å². The second-order valence-electron chi connectivity index (χ2n) is 5.74. The van der Waals surface area contributed by atoms with Crippen molar-refractivity contribution in [1.29, 1.82) is 0 Å². The number of carboxylic acid groups (broad SMARTS) is 1. The number of hydrogen-bond donors (Lipinski definition) is 2. The van der Waals surface area contributed by atoms with Crippen molar-refractivity contribution in [2.75, 3.05) is 19.6 Å². The molecule has 98 valence electrons. The maximum absolute atomic E-state index is 11.7. The molecule has 0 aromatic heterocycles. The second kappa shape index (κ2) is 4.94. The lowest BCUT2D eigenvalue weighted by molar-refractivity contribution is -0.146. The minimum absolute atomic E-state index is 0.0483. The number of urea groups is 1. The quantitative estimate of drug-likeness (QED) is 0.782. The fourth-order valence-electron chi connectivity index (χ4n) is 1.42. The first-order valence-corrected chi connectivity index (χ1v) is 5.99. The topological polar surface area (TPSA) is 69.6 Å². The lowest BCUT2D eigenvalue weighted by atomic mass is 9.81. The summed E-state index contributed by atoms with van der Waals surface area (Å²) in [6.07, 6.45) is 0. The van der Waals surface area contributed by atoms with E-state index in [0.717, 1.165) is 0 Å². The van der Waals surface area contributed by atoms with Crippen LogP contribution in [0.25, 0.3) is 0 Å². The van der Waals surface area contributed by atoms with Gasteiger partial charge in [-0.15, -0.1) is 0 Å². The number of aliphatic carboxylic acids is 1. The zero-order valence-electron chi connectivity index (χ0n) is 11.0. The van der Waals surface area contributed by atoms with E-state index in [1.54, 1.807) is 0 Å². The molecule has 0 spiro atoms. The monoisotopic (exact) mass is 242 g/mol. The number of carbonyl (C=O) groups excluding carboxylic acids is 1. The first-order chi connectivity index (χ1) is 7.74. The van der Waals surface area contributed by atoms with Crippen molar-refractivity contribution in [1.82, 2.24) is 10.2 Å². The molecule has 0 aromatic rings. The Morgan fingerprint density at radius 1 is 1.41 bits per heavy atom. The summed E-state index contributed by atoms with van der Waals surface area (Å²) in [6, 6.07) is -0.156. The van der Waals surface area contributed by atoms with Gasteiger partial charge in [-0.1, -0.05) is 27.7 Å². The Morgan fingerprint density at radius 3 is 2.35 bits per heavy atom. The highest BCUT2D eigenvalue weighted by molar-refractivity contribution is 5.79. The third-order valence-corrected chi connectivity index (χ3v) is 3.78. The molecular weight excluding hydrogens is 220 g/mol. The summed E-state index contributed by atoms with van der Waals surface area (Å²) in [6.45, 7) is 9.71. The minimum atomic E-state index is -0.823. The van der Waals surface area contributed by atoms with Crippen LogP contribution in [0.4, 0.5) is 4.79 Å². The summed E-state index contributed by atoms with van der Waals surface area (Å²) >= 11 is 0. The fourth-order valence-corrected chi connectivity index (χ4v) is 1.42.